The lowest BCUT2D eigenvalue weighted by Gasteiger charge is -2.13. The molecule has 0 saturated carbocycles. The molecule has 0 spiro atoms. The maximum Gasteiger partial charge on any atom is 0.257 e. The van der Waals surface area contributed by atoms with Gasteiger partial charge < -0.3 is 19.6 Å². The Bertz CT molecular complexity index is 1270. The quantitative estimate of drug-likeness (QED) is 0.257. The number of benzene rings is 3. The first-order chi connectivity index (χ1) is 15.9. The second kappa shape index (κ2) is 9.70. The molecule has 4 aromatic rings. The van der Waals surface area contributed by atoms with Gasteiger partial charge in [-0.15, -0.1) is 0 Å². The minimum Gasteiger partial charge on any atom is -0.507 e. The number of anilines is 1. The van der Waals surface area contributed by atoms with Crippen molar-refractivity contribution in [1.82, 2.24) is 10.3 Å². The normalized spacial score (nSPS) is 11.7. The zero-order valence-electron chi connectivity index (χ0n) is 18.2. The Morgan fingerprint density at radius 1 is 1.15 bits per heavy atom. The molecular weight excluding hydrogens is 438 g/mol. The van der Waals surface area contributed by atoms with Crippen molar-refractivity contribution < 1.29 is 19.1 Å². The SMILES string of the molecule is CC[C@@H](C)Oc1ccc(C(=O)NC(=S)Nc2ccc(O)c(-c3nc4ccccc4o3)c2)cc1. The summed E-state index contributed by atoms with van der Waals surface area (Å²) in [6.45, 7) is 4.04. The van der Waals surface area contributed by atoms with E-state index in [-0.39, 0.29) is 28.8 Å². The third kappa shape index (κ3) is 5.30. The number of ether oxygens (including phenoxy) is 1. The first-order valence-electron chi connectivity index (χ1n) is 10.5. The summed E-state index contributed by atoms with van der Waals surface area (Å²) in [6, 6.07) is 19.0. The Kier molecular flexibility index (Phi) is 6.55. The monoisotopic (exact) mass is 461 g/mol. The molecule has 1 aromatic heterocycles. The van der Waals surface area contributed by atoms with Crippen molar-refractivity contribution in [1.29, 1.82) is 0 Å². The highest BCUT2D eigenvalue weighted by Crippen LogP contribution is 2.33. The van der Waals surface area contributed by atoms with Crippen LogP contribution < -0.4 is 15.4 Å². The van der Waals surface area contributed by atoms with Crippen LogP contribution in [0.1, 0.15) is 30.6 Å². The molecule has 1 atom stereocenters. The van der Waals surface area contributed by atoms with E-state index in [2.05, 4.69) is 15.6 Å². The summed E-state index contributed by atoms with van der Waals surface area (Å²) < 4.78 is 11.5. The molecule has 0 aliphatic heterocycles. The van der Waals surface area contributed by atoms with Gasteiger partial charge in [0.05, 0.1) is 11.7 Å². The van der Waals surface area contributed by atoms with Gasteiger partial charge in [0, 0.05) is 11.3 Å². The number of rotatable bonds is 6. The molecule has 8 heteroatoms. The highest BCUT2D eigenvalue weighted by atomic mass is 32.1. The van der Waals surface area contributed by atoms with Crippen LogP contribution in [0.15, 0.2) is 71.1 Å². The Morgan fingerprint density at radius 3 is 2.64 bits per heavy atom. The van der Waals surface area contributed by atoms with Crippen LogP contribution in [0.2, 0.25) is 0 Å². The lowest BCUT2D eigenvalue weighted by Crippen LogP contribution is -2.34. The highest BCUT2D eigenvalue weighted by molar-refractivity contribution is 7.80. The predicted molar refractivity (Wildman–Crippen MR) is 132 cm³/mol. The van der Waals surface area contributed by atoms with E-state index in [9.17, 15) is 9.90 Å². The standard InChI is InChI=1S/C25H23N3O4S/c1-3-15(2)31-18-11-8-16(9-12-18)23(30)28-25(33)26-17-10-13-21(29)19(14-17)24-27-20-6-4-5-7-22(20)32-24/h4-15,29H,3H2,1-2H3,(H2,26,28,30,33)/t15-/m1/s1. The van der Waals surface area contributed by atoms with Crippen LogP contribution in [-0.4, -0.2) is 27.2 Å². The maximum absolute atomic E-state index is 12.5. The number of aromatic hydroxyl groups is 1. The van der Waals surface area contributed by atoms with E-state index in [0.717, 1.165) is 6.42 Å². The average molecular weight is 462 g/mol. The average Bonchev–Trinajstić information content (AvgIpc) is 3.24. The van der Waals surface area contributed by atoms with Gasteiger partial charge in [-0.1, -0.05) is 19.1 Å². The molecule has 7 nitrogen and oxygen atoms in total. The van der Waals surface area contributed by atoms with Gasteiger partial charge >= 0.3 is 0 Å². The molecule has 0 radical (unpaired) electrons. The minimum atomic E-state index is -0.347. The number of phenols is 1. The second-order valence-electron chi connectivity index (χ2n) is 7.49. The first kappa shape index (κ1) is 22.3. The molecule has 0 fully saturated rings. The fourth-order valence-electron chi connectivity index (χ4n) is 3.11. The molecule has 3 aromatic carbocycles. The Morgan fingerprint density at radius 2 is 1.91 bits per heavy atom. The smallest absolute Gasteiger partial charge is 0.257 e. The Balaban J connectivity index is 1.43. The third-order valence-electron chi connectivity index (χ3n) is 5.03. The number of oxazole rings is 1. The molecule has 33 heavy (non-hydrogen) atoms. The summed E-state index contributed by atoms with van der Waals surface area (Å²) in [5, 5.41) is 16.0. The zero-order chi connectivity index (χ0) is 23.4. The number of para-hydroxylation sites is 2. The number of carbonyl (C=O) groups excluding carboxylic acids is 1. The van der Waals surface area contributed by atoms with Gasteiger partial charge in [0.1, 0.15) is 17.0 Å². The minimum absolute atomic E-state index is 0.0155. The fraction of sp³-hybridized carbons (Fsp3) is 0.160. The van der Waals surface area contributed by atoms with E-state index in [1.54, 1.807) is 42.5 Å². The summed E-state index contributed by atoms with van der Waals surface area (Å²) in [5.41, 5.74) is 2.73. The van der Waals surface area contributed by atoms with Crippen LogP contribution in [0.5, 0.6) is 11.5 Å². The molecular formula is C25H23N3O4S. The van der Waals surface area contributed by atoms with Crippen molar-refractivity contribution in [2.24, 2.45) is 0 Å². The van der Waals surface area contributed by atoms with Gasteiger partial charge in [0.25, 0.3) is 5.91 Å². The summed E-state index contributed by atoms with van der Waals surface area (Å²) in [5.74, 6) is 0.659. The molecule has 3 N–H and O–H groups in total. The van der Waals surface area contributed by atoms with E-state index in [4.69, 9.17) is 21.4 Å². The summed E-state index contributed by atoms with van der Waals surface area (Å²) in [6.07, 6.45) is 1.000. The van der Waals surface area contributed by atoms with Crippen molar-refractivity contribution >= 4 is 40.0 Å². The molecule has 4 rings (SSSR count). The van der Waals surface area contributed by atoms with Gasteiger partial charge in [-0.25, -0.2) is 4.98 Å². The van der Waals surface area contributed by atoms with Gasteiger partial charge in [-0.2, -0.15) is 0 Å². The van der Waals surface area contributed by atoms with Crippen molar-refractivity contribution in [3.63, 3.8) is 0 Å². The van der Waals surface area contributed by atoms with Gasteiger partial charge in [0.2, 0.25) is 5.89 Å². The number of nitrogens with one attached hydrogen (secondary N) is 2. The number of thiocarbonyl (C=S) groups is 1. The van der Waals surface area contributed by atoms with Gasteiger partial charge in [0.15, 0.2) is 10.7 Å². The van der Waals surface area contributed by atoms with Gasteiger partial charge in [-0.05, 0) is 80.2 Å². The zero-order valence-corrected chi connectivity index (χ0v) is 19.0. The number of carbonyl (C=O) groups is 1. The molecule has 0 aliphatic carbocycles. The van der Waals surface area contributed by atoms with E-state index in [1.807, 2.05) is 32.0 Å². The fourth-order valence-corrected chi connectivity index (χ4v) is 3.32. The molecule has 1 amide bonds. The molecule has 0 bridgehead atoms. The summed E-state index contributed by atoms with van der Waals surface area (Å²) in [7, 11) is 0. The van der Waals surface area contributed by atoms with E-state index >= 15 is 0 Å². The number of aromatic nitrogens is 1. The van der Waals surface area contributed by atoms with E-state index in [1.165, 1.54) is 6.07 Å². The molecule has 1 heterocycles. The van der Waals surface area contributed by atoms with E-state index in [0.29, 0.717) is 33.7 Å². The number of amides is 1. The number of nitrogens with zero attached hydrogens (tertiary/aromatic N) is 1. The topological polar surface area (TPSA) is 96.6 Å². The molecule has 0 saturated heterocycles. The number of hydrogen-bond acceptors (Lipinski definition) is 6. The Hall–Kier alpha value is -3.91. The Labute approximate surface area is 196 Å². The van der Waals surface area contributed by atoms with E-state index < -0.39 is 0 Å². The van der Waals surface area contributed by atoms with Crippen LogP contribution in [0.25, 0.3) is 22.6 Å². The highest BCUT2D eigenvalue weighted by Gasteiger charge is 2.14. The van der Waals surface area contributed by atoms with Crippen LogP contribution in [0.4, 0.5) is 5.69 Å². The first-order valence-corrected chi connectivity index (χ1v) is 10.9. The van der Waals surface area contributed by atoms with Crippen molar-refractivity contribution in [2.45, 2.75) is 26.4 Å². The van der Waals surface area contributed by atoms with Crippen LogP contribution in [0, 0.1) is 0 Å². The second-order valence-corrected chi connectivity index (χ2v) is 7.90. The number of fused-ring (bicyclic) bond motifs is 1. The molecule has 168 valence electrons. The van der Waals surface area contributed by atoms with Crippen LogP contribution in [-0.2, 0) is 0 Å². The van der Waals surface area contributed by atoms with Gasteiger partial charge in [-0.3, -0.25) is 10.1 Å². The third-order valence-corrected chi connectivity index (χ3v) is 5.24. The van der Waals surface area contributed by atoms with Crippen LogP contribution in [0.3, 0.4) is 0 Å². The van der Waals surface area contributed by atoms with Crippen LogP contribution >= 0.6 is 12.2 Å². The lowest BCUT2D eigenvalue weighted by atomic mass is 10.1. The number of phenolic OH excluding ortho intramolecular Hbond substituents is 1. The molecule has 0 unspecified atom stereocenters. The maximum atomic E-state index is 12.5. The summed E-state index contributed by atoms with van der Waals surface area (Å²) >= 11 is 5.29. The predicted octanol–water partition coefficient (Wildman–Crippen LogP) is 5.50. The van der Waals surface area contributed by atoms with Crippen molar-refractivity contribution in [2.75, 3.05) is 5.32 Å². The molecule has 0 aliphatic rings. The number of hydrogen-bond donors (Lipinski definition) is 3. The lowest BCUT2D eigenvalue weighted by molar-refractivity contribution is 0.0977. The largest absolute Gasteiger partial charge is 0.507 e. The summed E-state index contributed by atoms with van der Waals surface area (Å²) in [4.78, 5) is 16.9. The van der Waals surface area contributed by atoms with Crippen molar-refractivity contribution in [3.05, 3.63) is 72.3 Å². The van der Waals surface area contributed by atoms with Crippen molar-refractivity contribution in [3.8, 4) is 23.0 Å².